The monoisotopic (exact) mass is 545 g/mol. The Bertz CT molecular complexity index is 1430. The minimum absolute atomic E-state index is 0.0439. The van der Waals surface area contributed by atoms with E-state index in [1.807, 2.05) is 28.8 Å². The molecule has 0 radical (unpaired) electrons. The summed E-state index contributed by atoms with van der Waals surface area (Å²) in [6.45, 7) is 0. The lowest BCUT2D eigenvalue weighted by molar-refractivity contribution is -0.150. The van der Waals surface area contributed by atoms with Crippen molar-refractivity contribution in [3.05, 3.63) is 52.9 Å². The van der Waals surface area contributed by atoms with Crippen LogP contribution < -0.4 is 11.1 Å². The Kier molecular flexibility index (Phi) is 6.59. The number of hydrogen-bond acceptors (Lipinski definition) is 11. The lowest BCUT2D eigenvalue weighted by Crippen LogP contribution is -2.71. The van der Waals surface area contributed by atoms with E-state index in [2.05, 4.69) is 20.4 Å². The number of anilines is 1. The third-order valence-corrected chi connectivity index (χ3v) is 8.62. The van der Waals surface area contributed by atoms with Crippen molar-refractivity contribution in [3.8, 4) is 0 Å². The van der Waals surface area contributed by atoms with Gasteiger partial charge in [0.1, 0.15) is 35.6 Å². The smallest absolute Gasteiger partial charge is 0.352 e. The topological polar surface area (TPSA) is 165 Å². The van der Waals surface area contributed by atoms with Crippen LogP contribution in [-0.4, -0.2) is 77.9 Å². The molecule has 12 nitrogen and oxygen atoms in total. The molecule has 0 unspecified atom stereocenters. The fourth-order valence-corrected chi connectivity index (χ4v) is 6.95. The molecule has 3 aromatic rings. The van der Waals surface area contributed by atoms with Crippen LogP contribution >= 0.6 is 34.9 Å². The zero-order chi connectivity index (χ0) is 25.4. The number of β-lactam (4-membered cyclic amide) rings is 1. The number of aliphatic carboxylic acids is 1. The van der Waals surface area contributed by atoms with E-state index >= 15 is 0 Å². The van der Waals surface area contributed by atoms with Crippen LogP contribution in [0.2, 0.25) is 0 Å². The second kappa shape index (κ2) is 9.83. The number of hydrogen-bond donors (Lipinski definition) is 3. The van der Waals surface area contributed by atoms with Gasteiger partial charge in [-0.2, -0.15) is 0 Å². The molecule has 36 heavy (non-hydrogen) atoms. The number of nitrogens with one attached hydrogen (secondary N) is 1. The molecule has 1 fully saturated rings. The molecule has 3 aromatic heterocycles. The number of fused-ring (bicyclic) bond motifs is 2. The maximum Gasteiger partial charge on any atom is 0.352 e. The number of rotatable bonds is 8. The van der Waals surface area contributed by atoms with Gasteiger partial charge in [0.15, 0.2) is 10.8 Å². The third kappa shape index (κ3) is 4.29. The van der Waals surface area contributed by atoms with Crippen LogP contribution in [0.1, 0.15) is 5.69 Å². The molecule has 1 saturated heterocycles. The Labute approximate surface area is 216 Å². The molecule has 5 heterocycles. The number of nitrogens with two attached hydrogens (primary N) is 1. The van der Waals surface area contributed by atoms with Gasteiger partial charge < -0.3 is 21.0 Å². The number of thiazole rings is 1. The number of imidazole rings is 1. The van der Waals surface area contributed by atoms with E-state index < -0.39 is 29.2 Å². The number of carboxylic acid groups (broad SMARTS) is 1. The normalized spacial score (nSPS) is 19.8. The van der Waals surface area contributed by atoms with E-state index in [1.165, 1.54) is 35.5 Å². The number of carbonyl (C=O) groups is 3. The number of aromatic nitrogens is 3. The van der Waals surface area contributed by atoms with Crippen LogP contribution in [-0.2, 0) is 19.2 Å². The van der Waals surface area contributed by atoms with Crippen molar-refractivity contribution in [2.45, 2.75) is 16.4 Å². The molecule has 2 amide bonds. The first-order valence-electron chi connectivity index (χ1n) is 10.5. The van der Waals surface area contributed by atoms with E-state index in [4.69, 9.17) is 10.6 Å². The molecular weight excluding hydrogens is 526 g/mol. The van der Waals surface area contributed by atoms with Crippen molar-refractivity contribution in [1.29, 1.82) is 0 Å². The number of thioether (sulfide) groups is 2. The van der Waals surface area contributed by atoms with E-state index in [-0.39, 0.29) is 22.2 Å². The summed E-state index contributed by atoms with van der Waals surface area (Å²) in [4.78, 5) is 52.3. The Morgan fingerprint density at radius 2 is 2.25 bits per heavy atom. The highest BCUT2D eigenvalue weighted by atomic mass is 32.2. The van der Waals surface area contributed by atoms with Gasteiger partial charge in [0.2, 0.25) is 0 Å². The molecule has 15 heteroatoms. The highest BCUT2D eigenvalue weighted by Gasteiger charge is 2.54. The van der Waals surface area contributed by atoms with Crippen LogP contribution in [0.3, 0.4) is 0 Å². The van der Waals surface area contributed by atoms with Gasteiger partial charge in [-0.1, -0.05) is 11.2 Å². The van der Waals surface area contributed by atoms with Crippen LogP contribution in [0.5, 0.6) is 0 Å². The lowest BCUT2D eigenvalue weighted by atomic mass is 10.0. The molecule has 2 aliphatic heterocycles. The summed E-state index contributed by atoms with van der Waals surface area (Å²) in [6.07, 6.45) is 3.53. The Morgan fingerprint density at radius 1 is 1.42 bits per heavy atom. The predicted molar refractivity (Wildman–Crippen MR) is 136 cm³/mol. The molecule has 186 valence electrons. The number of nitrogens with zero attached hydrogens (tertiary/aromatic N) is 5. The maximum atomic E-state index is 13.0. The van der Waals surface area contributed by atoms with E-state index in [9.17, 15) is 19.5 Å². The third-order valence-electron chi connectivity index (χ3n) is 5.48. The summed E-state index contributed by atoms with van der Waals surface area (Å²) in [7, 11) is 1.28. The Hall–Kier alpha value is -3.56. The van der Waals surface area contributed by atoms with Crippen molar-refractivity contribution in [1.82, 2.24) is 24.6 Å². The number of carbonyl (C=O) groups excluding carboxylic acids is 2. The van der Waals surface area contributed by atoms with Crippen LogP contribution in [0.4, 0.5) is 5.13 Å². The molecule has 0 aromatic carbocycles. The number of nitrogen functional groups attached to an aromatic ring is 1. The van der Waals surface area contributed by atoms with E-state index in [0.717, 1.165) is 22.0 Å². The predicted octanol–water partition coefficient (Wildman–Crippen LogP) is 1.25. The largest absolute Gasteiger partial charge is 0.477 e. The fraction of sp³-hybridized carbons (Fsp3) is 0.238. The zero-order valence-electron chi connectivity index (χ0n) is 18.7. The molecule has 4 N–H and O–H groups in total. The minimum atomic E-state index is -1.19. The second-order valence-electron chi connectivity index (χ2n) is 7.62. The molecule has 2 atom stereocenters. The van der Waals surface area contributed by atoms with Crippen molar-refractivity contribution in [2.75, 3.05) is 24.3 Å². The zero-order valence-corrected chi connectivity index (χ0v) is 21.1. The highest BCUT2D eigenvalue weighted by Crippen LogP contribution is 2.41. The first-order valence-corrected chi connectivity index (χ1v) is 13.4. The number of oxime groups is 1. The lowest BCUT2D eigenvalue weighted by Gasteiger charge is -2.49. The van der Waals surface area contributed by atoms with Crippen LogP contribution in [0.25, 0.3) is 5.65 Å². The summed E-state index contributed by atoms with van der Waals surface area (Å²) < 4.78 is 1.92. The minimum Gasteiger partial charge on any atom is -0.477 e. The van der Waals surface area contributed by atoms with Gasteiger partial charge in [-0.3, -0.25) is 18.9 Å². The molecule has 0 spiro atoms. The van der Waals surface area contributed by atoms with E-state index in [1.54, 1.807) is 11.6 Å². The fourth-order valence-electron chi connectivity index (χ4n) is 3.90. The Morgan fingerprint density at radius 3 is 2.97 bits per heavy atom. The van der Waals surface area contributed by atoms with Gasteiger partial charge >= 0.3 is 5.97 Å². The molecular formula is C21H19N7O5S3. The van der Waals surface area contributed by atoms with Crippen molar-refractivity contribution in [3.63, 3.8) is 0 Å². The van der Waals surface area contributed by atoms with Crippen LogP contribution in [0, 0.1) is 0 Å². The van der Waals surface area contributed by atoms with E-state index in [0.29, 0.717) is 17.1 Å². The number of carboxylic acids is 1. The molecule has 0 saturated carbocycles. The second-order valence-corrected chi connectivity index (χ2v) is 10.6. The number of pyridine rings is 1. The molecule has 0 aliphatic carbocycles. The number of amides is 2. The van der Waals surface area contributed by atoms with Gasteiger partial charge in [0.25, 0.3) is 11.8 Å². The molecule has 2 aliphatic rings. The summed E-state index contributed by atoms with van der Waals surface area (Å²) >= 11 is 3.99. The molecule has 5 rings (SSSR count). The standard InChI is InChI=1S/C21H19N7O5S3/c1-33-26-14(11-9-36-21(22)24-11)17(29)25-15-18(30)28-16(20(31)32)10(8-35-19(15)28)7-34-13-4-2-3-12-23-5-6-27(12)13/h2-6,9,15,19H,7-8H2,1H3,(H2,22,24)(H,25,29)(H,31,32)/b26-14-/t15-,19-/m1/s1. The summed E-state index contributed by atoms with van der Waals surface area (Å²) in [6, 6.07) is 4.78. The van der Waals surface area contributed by atoms with Gasteiger partial charge in [0, 0.05) is 29.3 Å². The summed E-state index contributed by atoms with van der Waals surface area (Å²) in [5.41, 5.74) is 7.11. The van der Waals surface area contributed by atoms with Crippen molar-refractivity contribution < 1.29 is 24.3 Å². The average Bonchev–Trinajstić information content (AvgIpc) is 3.52. The molecule has 0 bridgehead atoms. The maximum absolute atomic E-state index is 13.0. The summed E-state index contributed by atoms with van der Waals surface area (Å²) in [5.74, 6) is -1.58. The first kappa shape index (κ1) is 24.1. The average molecular weight is 546 g/mol. The first-order chi connectivity index (χ1) is 17.4. The van der Waals surface area contributed by atoms with Crippen LogP contribution in [0.15, 0.2) is 57.4 Å². The van der Waals surface area contributed by atoms with Gasteiger partial charge in [-0.25, -0.2) is 14.8 Å². The van der Waals surface area contributed by atoms with Crippen molar-refractivity contribution in [2.24, 2.45) is 5.16 Å². The summed E-state index contributed by atoms with van der Waals surface area (Å²) in [5, 5.41) is 18.5. The quantitative estimate of drug-likeness (QED) is 0.162. The Balaban J connectivity index is 1.32. The van der Waals surface area contributed by atoms with Gasteiger partial charge in [-0.05, 0) is 17.7 Å². The SMILES string of the molecule is CO/N=C(\C(=O)N[C@@H]1C(=O)N2C(C(=O)O)=C(CSc3cccc4nccn34)CS[C@H]12)c1csc(N)n1. The highest BCUT2D eigenvalue weighted by molar-refractivity contribution is 8.01. The van der Waals surface area contributed by atoms with Gasteiger partial charge in [0.05, 0.1) is 5.03 Å². The van der Waals surface area contributed by atoms with Gasteiger partial charge in [-0.15, -0.1) is 34.9 Å². The van der Waals surface area contributed by atoms with Crippen molar-refractivity contribution >= 4 is 69.1 Å².